The van der Waals surface area contributed by atoms with Crippen LogP contribution in [-0.4, -0.2) is 17.7 Å². The molecule has 1 heterocycles. The van der Waals surface area contributed by atoms with Gasteiger partial charge in [-0.3, -0.25) is 9.79 Å². The van der Waals surface area contributed by atoms with Gasteiger partial charge in [-0.25, -0.2) is 0 Å². The largest absolute Gasteiger partial charge is 0.324 e. The molecule has 23 heavy (non-hydrogen) atoms. The minimum atomic E-state index is -0.374. The number of carbonyl (C=O) groups is 1. The number of carbonyl (C=O) groups excluding carboxylic acids is 1. The van der Waals surface area contributed by atoms with Crippen LogP contribution in [0.5, 0.6) is 0 Å². The summed E-state index contributed by atoms with van der Waals surface area (Å²) in [6.07, 6.45) is 0.906. The highest BCUT2D eigenvalue weighted by Crippen LogP contribution is 2.29. The Bertz CT molecular complexity index is 755. The molecule has 0 spiro atoms. The summed E-state index contributed by atoms with van der Waals surface area (Å²) in [6.45, 7) is 4.16. The van der Waals surface area contributed by atoms with Crippen LogP contribution in [0.1, 0.15) is 31.4 Å². The van der Waals surface area contributed by atoms with Crippen molar-refractivity contribution in [3.8, 4) is 0 Å². The van der Waals surface area contributed by atoms with Crippen molar-refractivity contribution in [3.63, 3.8) is 0 Å². The van der Waals surface area contributed by atoms with Crippen LogP contribution in [0.2, 0.25) is 0 Å². The molecule has 3 nitrogen and oxygen atoms in total. The highest BCUT2D eigenvalue weighted by molar-refractivity contribution is 9.10. The lowest BCUT2D eigenvalue weighted by atomic mass is 9.98. The molecule has 0 aliphatic carbocycles. The van der Waals surface area contributed by atoms with Gasteiger partial charge in [0.1, 0.15) is 6.04 Å². The van der Waals surface area contributed by atoms with E-state index >= 15 is 0 Å². The zero-order valence-corrected chi connectivity index (χ0v) is 14.8. The maximum absolute atomic E-state index is 12.6. The number of hydrogen-bond donors (Lipinski definition) is 1. The van der Waals surface area contributed by atoms with E-state index in [9.17, 15) is 4.79 Å². The van der Waals surface area contributed by atoms with Gasteiger partial charge >= 0.3 is 0 Å². The van der Waals surface area contributed by atoms with E-state index in [1.54, 1.807) is 0 Å². The third kappa shape index (κ3) is 3.22. The van der Waals surface area contributed by atoms with Crippen LogP contribution >= 0.6 is 15.9 Å². The Labute approximate surface area is 145 Å². The Balaban J connectivity index is 2.21. The summed E-state index contributed by atoms with van der Waals surface area (Å²) in [7, 11) is 0. The summed E-state index contributed by atoms with van der Waals surface area (Å²) < 4.78 is 0.969. The molecule has 0 fully saturated rings. The van der Waals surface area contributed by atoms with E-state index in [2.05, 4.69) is 35.1 Å². The standard InChI is InChI=1S/C19H19BrN2O/c1-3-12(2)17-19(23)21-16-10-9-14(20)11-15(16)18(22-17)13-7-5-4-6-8-13/h4-12,17H,3H2,1-2H3,(H,21,23)/t12?,17-/m0/s1. The highest BCUT2D eigenvalue weighted by Gasteiger charge is 2.29. The van der Waals surface area contributed by atoms with Gasteiger partial charge in [0, 0.05) is 15.6 Å². The van der Waals surface area contributed by atoms with Crippen molar-refractivity contribution in [1.82, 2.24) is 0 Å². The molecular formula is C19H19BrN2O. The molecule has 0 saturated heterocycles. The van der Waals surface area contributed by atoms with Crippen LogP contribution < -0.4 is 5.32 Å². The van der Waals surface area contributed by atoms with Gasteiger partial charge in [0.05, 0.1) is 11.4 Å². The predicted octanol–water partition coefficient (Wildman–Crippen LogP) is 4.65. The van der Waals surface area contributed by atoms with Crippen molar-refractivity contribution in [2.24, 2.45) is 10.9 Å². The number of amides is 1. The van der Waals surface area contributed by atoms with Crippen molar-refractivity contribution in [2.45, 2.75) is 26.3 Å². The van der Waals surface area contributed by atoms with Crippen molar-refractivity contribution in [1.29, 1.82) is 0 Å². The summed E-state index contributed by atoms with van der Waals surface area (Å²) in [5.41, 5.74) is 3.65. The molecule has 118 valence electrons. The second-order valence-corrected chi connectivity index (χ2v) is 6.77. The molecule has 0 saturated carbocycles. The number of halogens is 1. The van der Waals surface area contributed by atoms with Crippen molar-refractivity contribution in [3.05, 3.63) is 64.1 Å². The van der Waals surface area contributed by atoms with Crippen molar-refractivity contribution in [2.75, 3.05) is 5.32 Å². The zero-order valence-electron chi connectivity index (χ0n) is 13.2. The van der Waals surface area contributed by atoms with Crippen LogP contribution in [-0.2, 0) is 4.79 Å². The van der Waals surface area contributed by atoms with Gasteiger partial charge in [0.25, 0.3) is 0 Å². The third-order valence-electron chi connectivity index (χ3n) is 4.26. The molecule has 0 bridgehead atoms. The smallest absolute Gasteiger partial charge is 0.249 e. The van der Waals surface area contributed by atoms with E-state index in [1.165, 1.54) is 0 Å². The van der Waals surface area contributed by atoms with Gasteiger partial charge in [-0.05, 0) is 24.1 Å². The zero-order chi connectivity index (χ0) is 16.4. The fraction of sp³-hybridized carbons (Fsp3) is 0.263. The molecule has 3 rings (SSSR count). The van der Waals surface area contributed by atoms with Gasteiger partial charge in [-0.15, -0.1) is 0 Å². The number of nitrogens with one attached hydrogen (secondary N) is 1. The first-order valence-electron chi connectivity index (χ1n) is 7.84. The Morgan fingerprint density at radius 2 is 1.96 bits per heavy atom. The van der Waals surface area contributed by atoms with Crippen LogP contribution in [0.3, 0.4) is 0 Å². The SMILES string of the molecule is CCC(C)[C@@H]1N=C(c2ccccc2)c2cc(Br)ccc2NC1=O. The normalized spacial score (nSPS) is 18.5. The quantitative estimate of drug-likeness (QED) is 0.838. The van der Waals surface area contributed by atoms with Gasteiger partial charge < -0.3 is 5.32 Å². The molecular weight excluding hydrogens is 352 g/mol. The number of rotatable bonds is 3. The number of benzene rings is 2. The second-order valence-electron chi connectivity index (χ2n) is 5.85. The van der Waals surface area contributed by atoms with E-state index in [-0.39, 0.29) is 17.9 Å². The molecule has 4 heteroatoms. The monoisotopic (exact) mass is 370 g/mol. The summed E-state index contributed by atoms with van der Waals surface area (Å²) in [6, 6.07) is 15.5. The highest BCUT2D eigenvalue weighted by atomic mass is 79.9. The predicted molar refractivity (Wildman–Crippen MR) is 98.1 cm³/mol. The summed E-state index contributed by atoms with van der Waals surface area (Å²) >= 11 is 3.52. The molecule has 2 aromatic carbocycles. The first kappa shape index (κ1) is 15.9. The Morgan fingerprint density at radius 1 is 1.22 bits per heavy atom. The van der Waals surface area contributed by atoms with Gasteiger partial charge in [-0.2, -0.15) is 0 Å². The Morgan fingerprint density at radius 3 is 2.65 bits per heavy atom. The Kier molecular flexibility index (Phi) is 4.62. The van der Waals surface area contributed by atoms with Crippen LogP contribution in [0, 0.1) is 5.92 Å². The number of benzodiazepines with no additional fused rings is 1. The molecule has 2 aromatic rings. The molecule has 1 aliphatic rings. The molecule has 0 radical (unpaired) electrons. The number of anilines is 1. The molecule has 1 amide bonds. The summed E-state index contributed by atoms with van der Waals surface area (Å²) in [5.74, 6) is 0.153. The van der Waals surface area contributed by atoms with Crippen molar-refractivity contribution >= 4 is 33.2 Å². The Hall–Kier alpha value is -1.94. The molecule has 2 atom stereocenters. The molecule has 1 unspecified atom stereocenters. The lowest BCUT2D eigenvalue weighted by Gasteiger charge is -2.17. The summed E-state index contributed by atoms with van der Waals surface area (Å²) in [5, 5.41) is 3.04. The first-order valence-corrected chi connectivity index (χ1v) is 8.63. The number of nitrogens with zero attached hydrogens (tertiary/aromatic N) is 1. The average Bonchev–Trinajstić information content (AvgIpc) is 2.71. The van der Waals surface area contributed by atoms with Crippen LogP contribution in [0.25, 0.3) is 0 Å². The van der Waals surface area contributed by atoms with E-state index < -0.39 is 0 Å². The fourth-order valence-corrected chi connectivity index (χ4v) is 3.09. The lowest BCUT2D eigenvalue weighted by molar-refractivity contribution is -0.118. The summed E-state index contributed by atoms with van der Waals surface area (Å²) in [4.78, 5) is 17.5. The molecule has 1 N–H and O–H groups in total. The van der Waals surface area contributed by atoms with Crippen LogP contribution in [0.4, 0.5) is 5.69 Å². The lowest BCUT2D eigenvalue weighted by Crippen LogP contribution is -2.31. The second kappa shape index (κ2) is 6.67. The van der Waals surface area contributed by atoms with Crippen molar-refractivity contribution < 1.29 is 4.79 Å². The topological polar surface area (TPSA) is 41.5 Å². The van der Waals surface area contributed by atoms with Gasteiger partial charge in [0.2, 0.25) is 5.91 Å². The van der Waals surface area contributed by atoms with E-state index in [1.807, 2.05) is 48.5 Å². The van der Waals surface area contributed by atoms with Gasteiger partial charge in [0.15, 0.2) is 0 Å². The average molecular weight is 371 g/mol. The number of hydrogen-bond acceptors (Lipinski definition) is 2. The minimum absolute atomic E-state index is 0.0335. The number of aliphatic imine (C=N–C) groups is 1. The fourth-order valence-electron chi connectivity index (χ4n) is 2.73. The van der Waals surface area contributed by atoms with E-state index in [0.717, 1.165) is 33.4 Å². The third-order valence-corrected chi connectivity index (χ3v) is 4.75. The van der Waals surface area contributed by atoms with Gasteiger partial charge in [-0.1, -0.05) is 66.5 Å². The first-order chi connectivity index (χ1) is 11.1. The molecule has 0 aromatic heterocycles. The van der Waals surface area contributed by atoms with E-state index in [0.29, 0.717) is 0 Å². The van der Waals surface area contributed by atoms with E-state index in [4.69, 9.17) is 4.99 Å². The minimum Gasteiger partial charge on any atom is -0.324 e. The molecule has 1 aliphatic heterocycles. The maximum atomic E-state index is 12.6. The van der Waals surface area contributed by atoms with Crippen LogP contribution in [0.15, 0.2) is 58.0 Å². The number of fused-ring (bicyclic) bond motifs is 1. The maximum Gasteiger partial charge on any atom is 0.249 e.